The molecule has 0 saturated heterocycles. The van der Waals surface area contributed by atoms with E-state index in [-0.39, 0.29) is 60.8 Å². The van der Waals surface area contributed by atoms with E-state index in [2.05, 4.69) is 54.6 Å². The fourth-order valence-corrected chi connectivity index (χ4v) is 8.85. The maximum absolute atomic E-state index is 12.9. The van der Waals surface area contributed by atoms with Gasteiger partial charge in [0.15, 0.2) is 11.5 Å². The first-order valence-electron chi connectivity index (χ1n) is 21.7. The quantitative estimate of drug-likeness (QED) is 0.0281. The molecule has 16 nitrogen and oxygen atoms in total. The summed E-state index contributed by atoms with van der Waals surface area (Å²) < 4.78 is 102. The van der Waals surface area contributed by atoms with Crippen LogP contribution < -0.4 is 25.3 Å². The third kappa shape index (κ3) is 20.0. The van der Waals surface area contributed by atoms with Crippen LogP contribution >= 0.6 is 30.5 Å². The number of benzene rings is 4. The number of halogens is 5. The van der Waals surface area contributed by atoms with Crippen molar-refractivity contribution in [2.75, 3.05) is 20.3 Å². The summed E-state index contributed by atoms with van der Waals surface area (Å²) in [5, 5.41) is 18.0. The van der Waals surface area contributed by atoms with Crippen molar-refractivity contribution in [2.24, 2.45) is 0 Å². The van der Waals surface area contributed by atoms with Crippen LogP contribution in [0.3, 0.4) is 0 Å². The lowest BCUT2D eigenvalue weighted by molar-refractivity contribution is -0.0517. The van der Waals surface area contributed by atoms with E-state index in [0.29, 0.717) is 33.6 Å². The minimum Gasteiger partial charge on any atom is -0.493 e. The summed E-state index contributed by atoms with van der Waals surface area (Å²) in [7, 11) is -6.19. The Kier molecular flexibility index (Phi) is 22.1. The first kappa shape index (κ1) is 58.3. The fourth-order valence-electron chi connectivity index (χ4n) is 6.49. The minimum absolute atomic E-state index is 0.0538. The molecule has 0 atom stereocenters. The standard InChI is InChI=1S/C24H27F2N2O6P.C20H19F2N2O6P.C3H9BrSi/c1-3-32-35(31,33-4-2)16-18-7-5-6-17(12-18)14-28-23(30)11-10-21(27-28)19-8-9-20(15-29)22(13-19)34-24(25)26;1-29-17-7-5-15(10-18(17)30-20(21)22)16-6-8-19(25)24(23-16)11-13-3-2-4-14(9-13)12-31(26,27)28;1-5(2,3)4/h5-13,24,29H,3-4,14-16H2,1-2H3;2-10,20H,11-12H2,1H3,(H2,26,27,28);1-3H3. The minimum atomic E-state index is -4.23. The van der Waals surface area contributed by atoms with Gasteiger partial charge in [-0.3, -0.25) is 18.7 Å². The Labute approximate surface area is 416 Å². The molecule has 0 spiro atoms. The molecule has 4 aromatic carbocycles. The lowest BCUT2D eigenvalue weighted by Crippen LogP contribution is -2.22. The van der Waals surface area contributed by atoms with Crippen LogP contribution in [0.25, 0.3) is 22.5 Å². The van der Waals surface area contributed by atoms with Crippen molar-refractivity contribution in [1.82, 2.24) is 19.6 Å². The average molecular weight is 1110 g/mol. The predicted molar refractivity (Wildman–Crippen MR) is 267 cm³/mol. The molecule has 0 aliphatic carbocycles. The second-order valence-corrected chi connectivity index (χ2v) is 31.1. The average Bonchev–Trinajstić information content (AvgIpc) is 3.27. The molecule has 384 valence electrons. The molecule has 24 heteroatoms. The third-order valence-electron chi connectivity index (χ3n) is 9.22. The molecule has 0 radical (unpaired) electrons. The molecule has 6 rings (SSSR count). The zero-order valence-corrected chi connectivity index (χ0v) is 44.0. The molecule has 0 saturated carbocycles. The Morgan fingerprint density at radius 1 is 0.634 bits per heavy atom. The second kappa shape index (κ2) is 27.0. The summed E-state index contributed by atoms with van der Waals surface area (Å²) in [6, 6.07) is 28.0. The van der Waals surface area contributed by atoms with Crippen molar-refractivity contribution < 1.29 is 64.8 Å². The van der Waals surface area contributed by atoms with Crippen molar-refractivity contribution >= 4 is 37.2 Å². The van der Waals surface area contributed by atoms with Gasteiger partial charge in [0.2, 0.25) is 0 Å². The van der Waals surface area contributed by atoms with E-state index >= 15 is 0 Å². The first-order chi connectivity index (χ1) is 33.4. The van der Waals surface area contributed by atoms with Crippen molar-refractivity contribution in [2.45, 2.75) is 78.7 Å². The first-order valence-corrected chi connectivity index (χ1v) is 30.9. The molecule has 3 N–H and O–H groups in total. The van der Waals surface area contributed by atoms with Crippen LogP contribution in [0.5, 0.6) is 17.2 Å². The van der Waals surface area contributed by atoms with Gasteiger partial charge in [-0.1, -0.05) is 80.3 Å². The summed E-state index contributed by atoms with van der Waals surface area (Å²) in [5.74, 6) is -0.209. The van der Waals surface area contributed by atoms with Gasteiger partial charge in [-0.15, -0.1) is 15.3 Å². The van der Waals surface area contributed by atoms with Gasteiger partial charge in [-0.25, -0.2) is 9.36 Å². The van der Waals surface area contributed by atoms with Crippen molar-refractivity contribution in [3.63, 3.8) is 0 Å². The van der Waals surface area contributed by atoms with Crippen LogP contribution in [0.2, 0.25) is 19.6 Å². The highest BCUT2D eigenvalue weighted by Gasteiger charge is 2.24. The topological polar surface area (TPSA) is 211 Å². The van der Waals surface area contributed by atoms with Crippen molar-refractivity contribution in [3.05, 3.63) is 158 Å². The fraction of sp³-hybridized carbons (Fsp3) is 0.319. The number of aliphatic hydroxyl groups excluding tert-OH is 1. The highest BCUT2D eigenvalue weighted by Crippen LogP contribution is 2.51. The van der Waals surface area contributed by atoms with Gasteiger partial charge in [0.25, 0.3) is 11.1 Å². The normalized spacial score (nSPS) is 11.7. The largest absolute Gasteiger partial charge is 0.493 e. The zero-order valence-electron chi connectivity index (χ0n) is 39.6. The lowest BCUT2D eigenvalue weighted by Gasteiger charge is -2.17. The Hall–Kier alpha value is -5.28. The summed E-state index contributed by atoms with van der Waals surface area (Å²) >= 11 is 3.51. The number of aliphatic hydroxyl groups is 1. The predicted octanol–water partition coefficient (Wildman–Crippen LogP) is 10.3. The molecule has 0 fully saturated rings. The van der Waals surface area contributed by atoms with Crippen LogP contribution in [0.4, 0.5) is 17.6 Å². The summed E-state index contributed by atoms with van der Waals surface area (Å²) in [4.78, 5) is 43.0. The van der Waals surface area contributed by atoms with Crippen LogP contribution in [0.1, 0.15) is 41.7 Å². The van der Waals surface area contributed by atoms with Crippen LogP contribution in [-0.4, -0.2) is 74.7 Å². The molecule has 0 bridgehead atoms. The Balaban J connectivity index is 0.000000283. The van der Waals surface area contributed by atoms with Crippen molar-refractivity contribution in [3.8, 4) is 39.8 Å². The summed E-state index contributed by atoms with van der Waals surface area (Å²) in [6.07, 6.45) is -0.322. The molecule has 71 heavy (non-hydrogen) atoms. The molecule has 6 aromatic rings. The zero-order chi connectivity index (χ0) is 52.5. The monoisotopic (exact) mass is 1110 g/mol. The van der Waals surface area contributed by atoms with Crippen LogP contribution in [-0.2, 0) is 50.2 Å². The molecule has 0 aliphatic heterocycles. The number of aromatic nitrogens is 4. The molecule has 2 heterocycles. The van der Waals surface area contributed by atoms with E-state index in [1.54, 1.807) is 74.5 Å². The van der Waals surface area contributed by atoms with Gasteiger partial charge >= 0.3 is 28.4 Å². The number of hydrogen-bond donors (Lipinski definition) is 3. The summed E-state index contributed by atoms with van der Waals surface area (Å²) in [6.45, 7) is 3.56. The number of alkyl halides is 4. The van der Waals surface area contributed by atoms with E-state index in [1.165, 1.54) is 65.0 Å². The van der Waals surface area contributed by atoms with E-state index < -0.39 is 53.4 Å². The number of ether oxygens (including phenoxy) is 3. The smallest absolute Gasteiger partial charge is 0.387 e. The molecule has 0 unspecified atom stereocenters. The number of rotatable bonds is 20. The molecular formula is C47H55BrF4N4O12P2Si. The van der Waals surface area contributed by atoms with Gasteiger partial charge in [0.1, 0.15) is 12.4 Å². The summed E-state index contributed by atoms with van der Waals surface area (Å²) in [5.41, 5.74) is 3.54. The SMILES string of the molecule is CCOP(=O)(Cc1cccc(Cn2nc(-c3ccc(CO)c(OC(F)F)c3)ccc2=O)c1)OCC.COc1ccc(-c2ccc(=O)n(Cc3cccc(CP(=O)(O)O)c3)n2)cc1OC(F)F.C[Si](C)(C)Br. The maximum atomic E-state index is 12.9. The lowest BCUT2D eigenvalue weighted by atomic mass is 10.1. The third-order valence-corrected chi connectivity index (χ3v) is 12.1. The van der Waals surface area contributed by atoms with Crippen LogP contribution in [0.15, 0.2) is 119 Å². The van der Waals surface area contributed by atoms with Gasteiger partial charge in [-0.05, 0) is 72.5 Å². The maximum Gasteiger partial charge on any atom is 0.387 e. The molecule has 2 aromatic heterocycles. The number of methoxy groups -OCH3 is 1. The molecule has 0 aliphatic rings. The Morgan fingerprint density at radius 3 is 1.51 bits per heavy atom. The number of nitrogens with zero attached hydrogens (tertiary/aromatic N) is 4. The van der Waals surface area contributed by atoms with Gasteiger partial charge < -0.3 is 38.2 Å². The van der Waals surface area contributed by atoms with Crippen molar-refractivity contribution in [1.29, 1.82) is 0 Å². The molecule has 0 amide bonds. The van der Waals surface area contributed by atoms with E-state index in [9.17, 15) is 41.4 Å². The Morgan fingerprint density at radius 2 is 1.07 bits per heavy atom. The van der Waals surface area contributed by atoms with E-state index in [1.807, 2.05) is 0 Å². The van der Waals surface area contributed by atoms with Gasteiger partial charge in [-0.2, -0.15) is 27.8 Å². The van der Waals surface area contributed by atoms with Crippen LogP contribution in [0, 0.1) is 0 Å². The van der Waals surface area contributed by atoms with Gasteiger partial charge in [0, 0.05) is 28.8 Å². The van der Waals surface area contributed by atoms with Gasteiger partial charge in [0.05, 0.1) is 63.7 Å². The van der Waals surface area contributed by atoms with E-state index in [4.69, 9.17) is 23.6 Å². The number of hydrogen-bond acceptors (Lipinski definition) is 12. The van der Waals surface area contributed by atoms with E-state index in [0.717, 1.165) is 11.1 Å². The second-order valence-electron chi connectivity index (χ2n) is 16.2. The Bertz CT molecular complexity index is 2910. The highest BCUT2D eigenvalue weighted by atomic mass is 79.9. The highest BCUT2D eigenvalue weighted by molar-refractivity contribution is 9.26. The molecular weight excluding hydrogens is 1060 g/mol.